The van der Waals surface area contributed by atoms with Crippen molar-refractivity contribution in [2.24, 2.45) is 0 Å². The van der Waals surface area contributed by atoms with Gasteiger partial charge in [-0.15, -0.1) is 0 Å². The zero-order chi connectivity index (χ0) is 20.4. The number of hydrogen-bond donors (Lipinski definition) is 4. The van der Waals surface area contributed by atoms with E-state index in [1.165, 1.54) is 12.1 Å². The number of nitrogens with one attached hydrogen (secondary N) is 4. The van der Waals surface area contributed by atoms with Crippen molar-refractivity contribution in [3.63, 3.8) is 0 Å². The first-order valence-corrected chi connectivity index (χ1v) is 8.97. The summed E-state index contributed by atoms with van der Waals surface area (Å²) in [5.74, 6) is -0.493. The molecule has 0 spiro atoms. The van der Waals surface area contributed by atoms with E-state index in [4.69, 9.17) is 17.0 Å². The van der Waals surface area contributed by atoms with Gasteiger partial charge in [0, 0.05) is 12.1 Å². The van der Waals surface area contributed by atoms with Crippen LogP contribution in [0.5, 0.6) is 5.75 Å². The van der Waals surface area contributed by atoms with Crippen molar-refractivity contribution < 1.29 is 18.7 Å². The predicted octanol–water partition coefficient (Wildman–Crippen LogP) is 1.65. The van der Waals surface area contributed by atoms with Crippen molar-refractivity contribution in [2.45, 2.75) is 13.5 Å². The number of amides is 2. The van der Waals surface area contributed by atoms with Crippen LogP contribution in [-0.4, -0.2) is 30.1 Å². The topological polar surface area (TPSA) is 91.5 Å². The molecule has 148 valence electrons. The zero-order valence-corrected chi connectivity index (χ0v) is 16.1. The van der Waals surface area contributed by atoms with Crippen molar-refractivity contribution >= 4 is 29.1 Å². The fraction of sp³-hybridized carbons (Fsp3) is 0.211. The zero-order valence-electron chi connectivity index (χ0n) is 15.3. The number of thiocarbonyl (C=S) groups is 1. The lowest BCUT2D eigenvalue weighted by molar-refractivity contribution is -0.120. The second-order valence-corrected chi connectivity index (χ2v) is 6.03. The molecule has 0 aliphatic rings. The molecular formula is C19H21FN4O3S. The van der Waals surface area contributed by atoms with Gasteiger partial charge in [0.2, 0.25) is 0 Å². The molecule has 9 heteroatoms. The molecular weight excluding hydrogens is 383 g/mol. The minimum Gasteiger partial charge on any atom is -0.494 e. The van der Waals surface area contributed by atoms with Gasteiger partial charge < -0.3 is 15.4 Å². The van der Waals surface area contributed by atoms with Crippen molar-refractivity contribution in [1.29, 1.82) is 0 Å². The number of ether oxygens (including phenoxy) is 1. The van der Waals surface area contributed by atoms with Crippen LogP contribution in [-0.2, 0) is 11.3 Å². The fourth-order valence-electron chi connectivity index (χ4n) is 2.13. The van der Waals surface area contributed by atoms with Crippen LogP contribution in [0.2, 0.25) is 0 Å². The van der Waals surface area contributed by atoms with Gasteiger partial charge in [0.15, 0.2) is 5.11 Å². The summed E-state index contributed by atoms with van der Waals surface area (Å²) in [6.07, 6.45) is 0. The Morgan fingerprint density at radius 1 is 1.00 bits per heavy atom. The first-order valence-electron chi connectivity index (χ1n) is 8.56. The summed E-state index contributed by atoms with van der Waals surface area (Å²) in [4.78, 5) is 23.8. The molecule has 0 fully saturated rings. The van der Waals surface area contributed by atoms with Crippen molar-refractivity contribution in [3.8, 4) is 5.75 Å². The molecule has 0 bridgehead atoms. The Hall–Kier alpha value is -3.20. The second kappa shape index (κ2) is 10.8. The molecule has 0 aromatic heterocycles. The maximum atomic E-state index is 12.8. The number of benzene rings is 2. The average molecular weight is 404 g/mol. The molecule has 0 radical (unpaired) electrons. The number of hydrazine groups is 1. The van der Waals surface area contributed by atoms with Gasteiger partial charge in [0.1, 0.15) is 11.6 Å². The van der Waals surface area contributed by atoms with Crippen molar-refractivity contribution in [3.05, 3.63) is 65.5 Å². The van der Waals surface area contributed by atoms with E-state index in [9.17, 15) is 14.0 Å². The van der Waals surface area contributed by atoms with E-state index >= 15 is 0 Å². The smallest absolute Gasteiger partial charge is 0.257 e. The minimum absolute atomic E-state index is 0.190. The van der Waals surface area contributed by atoms with Gasteiger partial charge in [-0.1, -0.05) is 12.1 Å². The van der Waals surface area contributed by atoms with E-state index in [1.807, 2.05) is 6.92 Å². The third kappa shape index (κ3) is 7.20. The lowest BCUT2D eigenvalue weighted by Crippen LogP contribution is -2.49. The number of hydrogen-bond acceptors (Lipinski definition) is 4. The van der Waals surface area contributed by atoms with Gasteiger partial charge in [-0.2, -0.15) is 0 Å². The lowest BCUT2D eigenvalue weighted by atomic mass is 10.2. The molecule has 2 amide bonds. The maximum Gasteiger partial charge on any atom is 0.257 e. The maximum absolute atomic E-state index is 12.8. The van der Waals surface area contributed by atoms with E-state index in [0.29, 0.717) is 24.5 Å². The molecule has 0 atom stereocenters. The van der Waals surface area contributed by atoms with Crippen LogP contribution in [0.1, 0.15) is 22.8 Å². The summed E-state index contributed by atoms with van der Waals surface area (Å²) in [6, 6.07) is 12.6. The van der Waals surface area contributed by atoms with Gasteiger partial charge in [-0.05, 0) is 61.1 Å². The van der Waals surface area contributed by atoms with Gasteiger partial charge in [-0.3, -0.25) is 20.4 Å². The number of rotatable bonds is 7. The van der Waals surface area contributed by atoms with Crippen LogP contribution >= 0.6 is 12.2 Å². The molecule has 7 nitrogen and oxygen atoms in total. The van der Waals surface area contributed by atoms with E-state index in [-0.39, 0.29) is 23.4 Å². The fourth-order valence-corrected chi connectivity index (χ4v) is 2.25. The summed E-state index contributed by atoms with van der Waals surface area (Å²) < 4.78 is 18.1. The highest BCUT2D eigenvalue weighted by Crippen LogP contribution is 2.11. The molecule has 2 aromatic carbocycles. The van der Waals surface area contributed by atoms with Crippen molar-refractivity contribution in [1.82, 2.24) is 21.5 Å². The van der Waals surface area contributed by atoms with E-state index in [0.717, 1.165) is 5.56 Å². The largest absolute Gasteiger partial charge is 0.494 e. The van der Waals surface area contributed by atoms with Crippen LogP contribution in [0, 0.1) is 5.82 Å². The minimum atomic E-state index is -0.467. The molecule has 2 rings (SSSR count). The third-order valence-corrected chi connectivity index (χ3v) is 3.77. The molecule has 0 unspecified atom stereocenters. The monoisotopic (exact) mass is 404 g/mol. The van der Waals surface area contributed by atoms with Crippen LogP contribution in [0.3, 0.4) is 0 Å². The summed E-state index contributed by atoms with van der Waals surface area (Å²) in [5, 5.41) is 5.56. The molecule has 28 heavy (non-hydrogen) atoms. The summed E-state index contributed by atoms with van der Waals surface area (Å²) in [5.41, 5.74) is 6.15. The Morgan fingerprint density at radius 2 is 1.68 bits per heavy atom. The first kappa shape index (κ1) is 21.1. The summed E-state index contributed by atoms with van der Waals surface area (Å²) in [7, 11) is 0. The quantitative estimate of drug-likeness (QED) is 0.414. The highest BCUT2D eigenvalue weighted by atomic mass is 32.1. The molecule has 0 aliphatic heterocycles. The molecule has 0 aliphatic carbocycles. The average Bonchev–Trinajstić information content (AvgIpc) is 2.71. The van der Waals surface area contributed by atoms with Gasteiger partial charge in [0.25, 0.3) is 11.8 Å². The SMILES string of the molecule is CCOc1ccc(C(=O)NCC(=O)NNC(=S)NCc2ccc(F)cc2)cc1. The highest BCUT2D eigenvalue weighted by Gasteiger charge is 2.08. The van der Waals surface area contributed by atoms with E-state index in [1.54, 1.807) is 36.4 Å². The van der Waals surface area contributed by atoms with E-state index in [2.05, 4.69) is 21.5 Å². The van der Waals surface area contributed by atoms with Gasteiger partial charge in [0.05, 0.1) is 13.2 Å². The Morgan fingerprint density at radius 3 is 2.32 bits per heavy atom. The first-order chi connectivity index (χ1) is 13.5. The lowest BCUT2D eigenvalue weighted by Gasteiger charge is -2.12. The summed E-state index contributed by atoms with van der Waals surface area (Å²) in [6.45, 7) is 2.56. The molecule has 0 heterocycles. The Kier molecular flexibility index (Phi) is 8.16. The van der Waals surface area contributed by atoms with Crippen molar-refractivity contribution in [2.75, 3.05) is 13.2 Å². The van der Waals surface area contributed by atoms with Crippen LogP contribution in [0.4, 0.5) is 4.39 Å². The second-order valence-electron chi connectivity index (χ2n) is 5.62. The Balaban J connectivity index is 1.66. The van der Waals surface area contributed by atoms with Gasteiger partial charge in [-0.25, -0.2) is 4.39 Å². The Labute approximate surface area is 167 Å². The third-order valence-electron chi connectivity index (χ3n) is 3.52. The predicted molar refractivity (Wildman–Crippen MR) is 107 cm³/mol. The number of carbonyl (C=O) groups excluding carboxylic acids is 2. The molecule has 4 N–H and O–H groups in total. The normalized spacial score (nSPS) is 9.93. The molecule has 2 aromatic rings. The Bertz CT molecular complexity index is 813. The summed E-state index contributed by atoms with van der Waals surface area (Å²) >= 11 is 5.03. The number of carbonyl (C=O) groups is 2. The number of halogens is 1. The van der Waals surface area contributed by atoms with Gasteiger partial charge >= 0.3 is 0 Å². The molecule has 0 saturated heterocycles. The van der Waals surface area contributed by atoms with Crippen LogP contribution < -0.4 is 26.2 Å². The molecule has 0 saturated carbocycles. The van der Waals surface area contributed by atoms with E-state index < -0.39 is 5.91 Å². The highest BCUT2D eigenvalue weighted by molar-refractivity contribution is 7.80. The standard InChI is InChI=1S/C19H21FN4O3S/c1-2-27-16-9-5-14(6-10-16)18(26)21-12-17(25)23-24-19(28)22-11-13-3-7-15(20)8-4-13/h3-10H,2,11-12H2,1H3,(H,21,26)(H,23,25)(H2,22,24,28). The van der Waals surface area contributed by atoms with Crippen LogP contribution in [0.15, 0.2) is 48.5 Å². The van der Waals surface area contributed by atoms with Crippen LogP contribution in [0.25, 0.3) is 0 Å².